The summed E-state index contributed by atoms with van der Waals surface area (Å²) in [5, 5.41) is -0.674. The van der Waals surface area contributed by atoms with Gasteiger partial charge in [0.25, 0.3) is 0 Å². The summed E-state index contributed by atoms with van der Waals surface area (Å²) >= 11 is 5.55. The molecule has 4 nitrogen and oxygen atoms in total. The molecule has 1 heterocycles. The van der Waals surface area contributed by atoms with Crippen molar-refractivity contribution in [3.8, 4) is 0 Å². The van der Waals surface area contributed by atoms with Crippen molar-refractivity contribution in [3.05, 3.63) is 23.8 Å². The molecule has 0 aliphatic heterocycles. The van der Waals surface area contributed by atoms with Crippen LogP contribution in [-0.2, 0) is 15.7 Å². The van der Waals surface area contributed by atoms with Crippen LogP contribution in [0.3, 0.4) is 0 Å². The molecule has 0 aliphatic rings. The van der Waals surface area contributed by atoms with Crippen molar-refractivity contribution in [1.82, 2.24) is 9.97 Å². The molecule has 6 heteroatoms. The molecule has 1 aromatic heterocycles. The van der Waals surface area contributed by atoms with Crippen LogP contribution < -0.4 is 0 Å². The molecule has 1 aromatic rings. The first kappa shape index (κ1) is 11.4. The quantitative estimate of drug-likeness (QED) is 0.741. The predicted octanol–water partition coefficient (Wildman–Crippen LogP) is 1.32. The van der Waals surface area contributed by atoms with E-state index in [1.54, 1.807) is 6.92 Å². The van der Waals surface area contributed by atoms with Gasteiger partial charge in [-0.05, 0) is 6.92 Å². The minimum atomic E-state index is -3.13. The van der Waals surface area contributed by atoms with Crippen LogP contribution in [0.2, 0.25) is 0 Å². The molecule has 0 saturated carbocycles. The monoisotopic (exact) mass is 234 g/mol. The van der Waals surface area contributed by atoms with E-state index in [1.807, 2.05) is 0 Å². The fourth-order valence-corrected chi connectivity index (χ4v) is 1.48. The summed E-state index contributed by atoms with van der Waals surface area (Å²) in [6.07, 6.45) is 4.24. The molecule has 0 spiro atoms. The normalized spacial score (nSPS) is 13.9. The number of hydrogen-bond donors (Lipinski definition) is 0. The van der Waals surface area contributed by atoms with Crippen molar-refractivity contribution >= 4 is 21.4 Å². The van der Waals surface area contributed by atoms with Crippen LogP contribution in [0.4, 0.5) is 0 Å². The predicted molar refractivity (Wildman–Crippen MR) is 54.8 cm³/mol. The van der Waals surface area contributed by atoms with Gasteiger partial charge in [0.1, 0.15) is 11.1 Å². The average molecular weight is 235 g/mol. The number of alkyl halides is 1. The highest BCUT2D eigenvalue weighted by Crippen LogP contribution is 2.16. The Morgan fingerprint density at radius 2 is 1.93 bits per heavy atom. The molecule has 0 amide bonds. The summed E-state index contributed by atoms with van der Waals surface area (Å²) in [4.78, 5) is 7.88. The SMILES string of the molecule is CC(c1ncc(CCl)cn1)S(C)(=O)=O. The minimum absolute atomic E-state index is 0.307. The van der Waals surface area contributed by atoms with Crippen molar-refractivity contribution in [2.24, 2.45) is 0 Å². The molecule has 0 bridgehead atoms. The van der Waals surface area contributed by atoms with Crippen LogP contribution in [0, 0.1) is 0 Å². The second kappa shape index (κ2) is 4.23. The fourth-order valence-electron chi connectivity index (χ4n) is 0.835. The maximum Gasteiger partial charge on any atom is 0.157 e. The maximum absolute atomic E-state index is 11.2. The first-order chi connectivity index (χ1) is 6.45. The molecule has 1 unspecified atom stereocenters. The van der Waals surface area contributed by atoms with Gasteiger partial charge in [-0.25, -0.2) is 18.4 Å². The highest BCUT2D eigenvalue weighted by atomic mass is 35.5. The topological polar surface area (TPSA) is 59.9 Å². The van der Waals surface area contributed by atoms with Crippen LogP contribution in [0.15, 0.2) is 12.4 Å². The summed E-state index contributed by atoms with van der Waals surface area (Å²) in [7, 11) is -3.13. The van der Waals surface area contributed by atoms with Crippen molar-refractivity contribution in [3.63, 3.8) is 0 Å². The van der Waals surface area contributed by atoms with Gasteiger partial charge in [-0.15, -0.1) is 11.6 Å². The van der Waals surface area contributed by atoms with Crippen LogP contribution in [0.5, 0.6) is 0 Å². The Morgan fingerprint density at radius 3 is 2.29 bits per heavy atom. The molecule has 0 N–H and O–H groups in total. The van der Waals surface area contributed by atoms with E-state index in [9.17, 15) is 8.42 Å². The Labute approximate surface area is 88.3 Å². The van der Waals surface area contributed by atoms with Crippen LogP contribution in [0.1, 0.15) is 23.6 Å². The Hall–Kier alpha value is -0.680. The van der Waals surface area contributed by atoms with Crippen LogP contribution in [0.25, 0.3) is 0 Å². The van der Waals surface area contributed by atoms with Gasteiger partial charge in [0, 0.05) is 24.2 Å². The lowest BCUT2D eigenvalue weighted by atomic mass is 10.3. The van der Waals surface area contributed by atoms with Crippen molar-refractivity contribution < 1.29 is 8.42 Å². The average Bonchev–Trinajstić information content (AvgIpc) is 2.15. The molecule has 0 aromatic carbocycles. The maximum atomic E-state index is 11.2. The molecule has 14 heavy (non-hydrogen) atoms. The Bertz CT molecular complexity index is 402. The van der Waals surface area contributed by atoms with Crippen LogP contribution >= 0.6 is 11.6 Å². The summed E-state index contributed by atoms with van der Waals surface area (Å²) in [5.41, 5.74) is 0.774. The Morgan fingerprint density at radius 1 is 1.43 bits per heavy atom. The number of nitrogens with zero attached hydrogens (tertiary/aromatic N) is 2. The van der Waals surface area contributed by atoms with E-state index >= 15 is 0 Å². The van der Waals surface area contributed by atoms with Crippen molar-refractivity contribution in [2.45, 2.75) is 18.1 Å². The first-order valence-corrected chi connectivity index (χ1v) is 6.49. The molecule has 0 aliphatic carbocycles. The van der Waals surface area contributed by atoms with Gasteiger partial charge in [-0.3, -0.25) is 0 Å². The largest absolute Gasteiger partial charge is 0.240 e. The first-order valence-electron chi connectivity index (χ1n) is 4.01. The smallest absolute Gasteiger partial charge is 0.157 e. The highest BCUT2D eigenvalue weighted by Gasteiger charge is 2.19. The third-order valence-electron chi connectivity index (χ3n) is 1.89. The van der Waals surface area contributed by atoms with E-state index in [0.29, 0.717) is 11.7 Å². The zero-order chi connectivity index (χ0) is 10.8. The number of hydrogen-bond acceptors (Lipinski definition) is 4. The van der Waals surface area contributed by atoms with Gasteiger partial charge < -0.3 is 0 Å². The van der Waals surface area contributed by atoms with E-state index < -0.39 is 15.1 Å². The second-order valence-corrected chi connectivity index (χ2v) is 5.69. The third-order valence-corrected chi connectivity index (χ3v) is 3.69. The van der Waals surface area contributed by atoms with Crippen molar-refractivity contribution in [2.75, 3.05) is 6.26 Å². The molecule has 78 valence electrons. The van der Waals surface area contributed by atoms with Gasteiger partial charge in [0.05, 0.1) is 5.88 Å². The van der Waals surface area contributed by atoms with E-state index in [0.717, 1.165) is 11.8 Å². The number of aromatic nitrogens is 2. The number of rotatable bonds is 3. The summed E-state index contributed by atoms with van der Waals surface area (Å²) in [5.74, 6) is 0.634. The van der Waals surface area contributed by atoms with Gasteiger partial charge in [-0.2, -0.15) is 0 Å². The van der Waals surface area contributed by atoms with E-state index in [2.05, 4.69) is 9.97 Å². The van der Waals surface area contributed by atoms with Gasteiger partial charge in [0.15, 0.2) is 9.84 Å². The van der Waals surface area contributed by atoms with Gasteiger partial charge in [-0.1, -0.05) is 0 Å². The molecule has 0 radical (unpaired) electrons. The van der Waals surface area contributed by atoms with E-state index in [1.165, 1.54) is 12.4 Å². The second-order valence-electron chi connectivity index (χ2n) is 3.05. The lowest BCUT2D eigenvalue weighted by Gasteiger charge is -2.07. The Kier molecular flexibility index (Phi) is 3.44. The van der Waals surface area contributed by atoms with Gasteiger partial charge >= 0.3 is 0 Å². The molecule has 1 atom stereocenters. The Balaban J connectivity index is 2.98. The molecule has 0 fully saturated rings. The lowest BCUT2D eigenvalue weighted by molar-refractivity contribution is 0.589. The van der Waals surface area contributed by atoms with E-state index in [-0.39, 0.29) is 0 Å². The minimum Gasteiger partial charge on any atom is -0.240 e. The zero-order valence-electron chi connectivity index (χ0n) is 7.94. The molecular formula is C8H11ClN2O2S. The number of halogens is 1. The molecule has 0 saturated heterocycles. The summed E-state index contributed by atoms with van der Waals surface area (Å²) in [6, 6.07) is 0. The van der Waals surface area contributed by atoms with Gasteiger partial charge in [0.2, 0.25) is 0 Å². The van der Waals surface area contributed by atoms with E-state index in [4.69, 9.17) is 11.6 Å². The molecular weight excluding hydrogens is 224 g/mol. The standard InChI is InChI=1S/C8H11ClN2O2S/c1-6(14(2,12)13)8-10-4-7(3-9)5-11-8/h4-6H,3H2,1-2H3. The fraction of sp³-hybridized carbons (Fsp3) is 0.500. The highest BCUT2D eigenvalue weighted by molar-refractivity contribution is 7.90. The lowest BCUT2D eigenvalue weighted by Crippen LogP contribution is -2.11. The number of sulfone groups is 1. The zero-order valence-corrected chi connectivity index (χ0v) is 9.51. The van der Waals surface area contributed by atoms with Crippen molar-refractivity contribution in [1.29, 1.82) is 0 Å². The molecule has 1 rings (SSSR count). The van der Waals surface area contributed by atoms with Crippen LogP contribution in [-0.4, -0.2) is 24.6 Å². The summed E-state index contributed by atoms with van der Waals surface area (Å²) < 4.78 is 22.4. The summed E-state index contributed by atoms with van der Waals surface area (Å²) in [6.45, 7) is 1.56. The third kappa shape index (κ3) is 2.65.